The van der Waals surface area contributed by atoms with E-state index in [9.17, 15) is 28.3 Å². The maximum absolute atomic E-state index is 13.9. The third kappa shape index (κ3) is 4.13. The molecule has 0 fully saturated rings. The van der Waals surface area contributed by atoms with Crippen LogP contribution >= 0.6 is 11.6 Å². The summed E-state index contributed by atoms with van der Waals surface area (Å²) in [4.78, 5) is 41.1. The standard InChI is InChI=1S/C19H15ClF2N2O6/c20-9-4-5-10-14(6-9)24(30-8-11-12(21)2-1-3-13(11)22)19(29)16(17(10)27)18(28)23-7-15(25)26/h1-3,5-6,9,27H,4,7-8H2,(H,23,28)(H,25,26). The van der Waals surface area contributed by atoms with Gasteiger partial charge in [0.1, 0.15) is 36.1 Å². The molecule has 1 heterocycles. The lowest BCUT2D eigenvalue weighted by Crippen LogP contribution is -2.51. The number of hydrogen-bond donors (Lipinski definition) is 3. The second kappa shape index (κ2) is 8.54. The minimum Gasteiger partial charge on any atom is -0.506 e. The number of carboxylic acids is 1. The lowest BCUT2D eigenvalue weighted by molar-refractivity contribution is -0.135. The van der Waals surface area contributed by atoms with Gasteiger partial charge in [0.2, 0.25) is 0 Å². The van der Waals surface area contributed by atoms with Crippen molar-refractivity contribution in [3.63, 3.8) is 0 Å². The zero-order chi connectivity index (χ0) is 22.0. The van der Waals surface area contributed by atoms with Crippen molar-refractivity contribution in [3.05, 3.63) is 61.9 Å². The Bertz CT molecular complexity index is 1190. The molecule has 11 heteroatoms. The van der Waals surface area contributed by atoms with E-state index in [1.54, 1.807) is 0 Å². The molecule has 3 rings (SSSR count). The molecule has 0 aliphatic heterocycles. The number of fused-ring (bicyclic) bond motifs is 1. The summed E-state index contributed by atoms with van der Waals surface area (Å²) >= 11 is 6.07. The van der Waals surface area contributed by atoms with Crippen molar-refractivity contribution in [2.75, 3.05) is 6.54 Å². The van der Waals surface area contributed by atoms with Crippen molar-refractivity contribution >= 4 is 35.6 Å². The molecular weight excluding hydrogens is 426 g/mol. The molecule has 0 radical (unpaired) electrons. The van der Waals surface area contributed by atoms with Crippen molar-refractivity contribution < 1.29 is 33.4 Å². The van der Waals surface area contributed by atoms with Gasteiger partial charge in [-0.05, 0) is 24.6 Å². The number of aromatic hydroxyl groups is 1. The fraction of sp³-hybridized carbons (Fsp3) is 0.211. The molecule has 3 N–H and O–H groups in total. The van der Waals surface area contributed by atoms with E-state index >= 15 is 0 Å². The van der Waals surface area contributed by atoms with Crippen LogP contribution in [0.2, 0.25) is 0 Å². The van der Waals surface area contributed by atoms with Gasteiger partial charge >= 0.3 is 5.97 Å². The summed E-state index contributed by atoms with van der Waals surface area (Å²) in [6, 6.07) is 3.18. The molecule has 0 saturated heterocycles. The Balaban J connectivity index is 2.13. The van der Waals surface area contributed by atoms with Gasteiger partial charge in [0.25, 0.3) is 11.5 Å². The largest absolute Gasteiger partial charge is 0.506 e. The Morgan fingerprint density at radius 1 is 1.30 bits per heavy atom. The van der Waals surface area contributed by atoms with E-state index in [4.69, 9.17) is 21.5 Å². The maximum atomic E-state index is 13.9. The van der Waals surface area contributed by atoms with Crippen LogP contribution < -0.4 is 26.3 Å². The van der Waals surface area contributed by atoms with Gasteiger partial charge in [-0.2, -0.15) is 0 Å². The number of nitrogens with one attached hydrogen (secondary N) is 1. The van der Waals surface area contributed by atoms with E-state index in [1.165, 1.54) is 12.2 Å². The Morgan fingerprint density at radius 2 is 1.97 bits per heavy atom. The average Bonchev–Trinajstić information content (AvgIpc) is 2.68. The molecule has 1 aromatic heterocycles. The molecule has 2 aromatic rings. The second-order valence-corrected chi connectivity index (χ2v) is 6.86. The molecule has 0 saturated carbocycles. The predicted octanol–water partition coefficient (Wildman–Crippen LogP) is -0.153. The molecule has 158 valence electrons. The summed E-state index contributed by atoms with van der Waals surface area (Å²) in [5.41, 5.74) is -2.38. The van der Waals surface area contributed by atoms with Gasteiger partial charge in [-0.25, -0.2) is 8.78 Å². The summed E-state index contributed by atoms with van der Waals surface area (Å²) < 4.78 is 28.4. The average molecular weight is 441 g/mol. The summed E-state index contributed by atoms with van der Waals surface area (Å²) in [6.07, 6.45) is 3.10. The molecular formula is C19H15ClF2N2O6. The first-order valence-corrected chi connectivity index (χ1v) is 9.04. The van der Waals surface area contributed by atoms with E-state index in [0.717, 1.165) is 18.2 Å². The number of carbonyl (C=O) groups excluding carboxylic acids is 1. The van der Waals surface area contributed by atoms with Crippen LogP contribution in [0.5, 0.6) is 5.75 Å². The van der Waals surface area contributed by atoms with E-state index in [2.05, 4.69) is 0 Å². The van der Waals surface area contributed by atoms with Crippen LogP contribution in [0.3, 0.4) is 0 Å². The minimum atomic E-state index is -1.36. The van der Waals surface area contributed by atoms with E-state index < -0.39 is 64.5 Å². The Kier molecular flexibility index (Phi) is 6.06. The lowest BCUT2D eigenvalue weighted by atomic mass is 10.1. The third-order valence-electron chi connectivity index (χ3n) is 4.30. The Hall–Kier alpha value is -3.40. The highest BCUT2D eigenvalue weighted by Crippen LogP contribution is 2.13. The van der Waals surface area contributed by atoms with Crippen molar-refractivity contribution in [3.8, 4) is 5.75 Å². The third-order valence-corrected chi connectivity index (χ3v) is 4.60. The summed E-state index contributed by atoms with van der Waals surface area (Å²) in [5.74, 6) is -5.01. The quantitative estimate of drug-likeness (QED) is 0.538. The van der Waals surface area contributed by atoms with Crippen LogP contribution in [0, 0.1) is 11.6 Å². The Morgan fingerprint density at radius 3 is 2.60 bits per heavy atom. The molecule has 8 nitrogen and oxygen atoms in total. The molecule has 1 atom stereocenters. The SMILES string of the molecule is O=C(O)CNC(=O)c1c(O)c2c(n(OCc3c(F)cccc3F)c1=O)=CC(Cl)CC=2. The number of halogens is 3. The van der Waals surface area contributed by atoms with Gasteiger partial charge in [0.05, 0.1) is 16.3 Å². The highest BCUT2D eigenvalue weighted by atomic mass is 35.5. The molecule has 1 aromatic carbocycles. The van der Waals surface area contributed by atoms with E-state index in [1.807, 2.05) is 5.32 Å². The van der Waals surface area contributed by atoms with E-state index in [0.29, 0.717) is 4.73 Å². The van der Waals surface area contributed by atoms with Crippen LogP contribution in [-0.4, -0.2) is 38.7 Å². The molecule has 30 heavy (non-hydrogen) atoms. The highest BCUT2D eigenvalue weighted by Gasteiger charge is 2.24. The van der Waals surface area contributed by atoms with Crippen molar-refractivity contribution in [1.82, 2.24) is 10.0 Å². The van der Waals surface area contributed by atoms with Crippen LogP contribution in [0.15, 0.2) is 23.0 Å². The van der Waals surface area contributed by atoms with Crippen LogP contribution in [0.1, 0.15) is 22.3 Å². The minimum absolute atomic E-state index is 0.00437. The molecule has 0 spiro atoms. The van der Waals surface area contributed by atoms with E-state index in [-0.39, 0.29) is 17.0 Å². The van der Waals surface area contributed by atoms with Crippen LogP contribution in [-0.2, 0) is 11.4 Å². The number of aliphatic carboxylic acids is 1. The van der Waals surface area contributed by atoms with Gasteiger partial charge in [0, 0.05) is 5.22 Å². The number of carboxylic acid groups (broad SMARTS) is 1. The monoisotopic (exact) mass is 440 g/mol. The number of nitrogens with zero attached hydrogens (tertiary/aromatic N) is 1. The number of aromatic nitrogens is 1. The number of pyridine rings is 1. The summed E-state index contributed by atoms with van der Waals surface area (Å²) in [6.45, 7) is -1.50. The van der Waals surface area contributed by atoms with Gasteiger partial charge in [-0.1, -0.05) is 12.1 Å². The molecule has 1 aliphatic rings. The topological polar surface area (TPSA) is 118 Å². The van der Waals surface area contributed by atoms with Crippen molar-refractivity contribution in [1.29, 1.82) is 0 Å². The van der Waals surface area contributed by atoms with Crippen LogP contribution in [0.25, 0.3) is 12.2 Å². The molecule has 1 amide bonds. The zero-order valence-electron chi connectivity index (χ0n) is 15.2. The number of benzene rings is 1. The van der Waals surface area contributed by atoms with Gasteiger partial charge in [-0.3, -0.25) is 14.4 Å². The summed E-state index contributed by atoms with van der Waals surface area (Å²) in [5, 5.41) is 20.6. The number of alkyl halides is 1. The normalized spacial score (nSPS) is 14.8. The highest BCUT2D eigenvalue weighted by molar-refractivity contribution is 6.24. The van der Waals surface area contributed by atoms with Crippen LogP contribution in [0.4, 0.5) is 8.78 Å². The first kappa shape index (κ1) is 21.3. The number of amides is 1. The van der Waals surface area contributed by atoms with Crippen molar-refractivity contribution in [2.45, 2.75) is 18.4 Å². The Labute approximate surface area is 172 Å². The number of carbonyl (C=O) groups is 2. The second-order valence-electron chi connectivity index (χ2n) is 6.29. The number of rotatable bonds is 6. The van der Waals surface area contributed by atoms with Gasteiger partial charge < -0.3 is 20.4 Å². The smallest absolute Gasteiger partial charge is 0.322 e. The molecule has 1 unspecified atom stereocenters. The fourth-order valence-corrected chi connectivity index (χ4v) is 3.09. The molecule has 1 aliphatic carbocycles. The summed E-state index contributed by atoms with van der Waals surface area (Å²) in [7, 11) is 0. The van der Waals surface area contributed by atoms with Crippen molar-refractivity contribution in [2.24, 2.45) is 0 Å². The predicted molar refractivity (Wildman–Crippen MR) is 101 cm³/mol. The lowest BCUT2D eigenvalue weighted by Gasteiger charge is -2.17. The zero-order valence-corrected chi connectivity index (χ0v) is 15.9. The fourth-order valence-electron chi connectivity index (χ4n) is 2.88. The first-order valence-electron chi connectivity index (χ1n) is 8.61. The number of hydrogen-bond acceptors (Lipinski definition) is 5. The maximum Gasteiger partial charge on any atom is 0.322 e. The molecule has 0 bridgehead atoms. The first-order chi connectivity index (χ1) is 14.2. The van der Waals surface area contributed by atoms with Gasteiger partial charge in [-0.15, -0.1) is 16.3 Å². The van der Waals surface area contributed by atoms with Gasteiger partial charge in [0.15, 0.2) is 0 Å².